The van der Waals surface area contributed by atoms with Crippen molar-refractivity contribution in [1.82, 2.24) is 0 Å². The van der Waals surface area contributed by atoms with E-state index < -0.39 is 5.97 Å². The van der Waals surface area contributed by atoms with Crippen molar-refractivity contribution >= 4 is 5.97 Å². The molecular formula is C12H13NO2. The van der Waals surface area contributed by atoms with Crippen LogP contribution >= 0.6 is 0 Å². The Morgan fingerprint density at radius 3 is 2.60 bits per heavy atom. The number of nitriles is 1. The van der Waals surface area contributed by atoms with Crippen LogP contribution in [-0.2, 0) is 4.74 Å². The Bertz CT molecular complexity index is 416. The summed E-state index contributed by atoms with van der Waals surface area (Å²) in [7, 11) is 1.34. The molecule has 15 heavy (non-hydrogen) atoms. The molecule has 0 spiro atoms. The second kappa shape index (κ2) is 4.61. The first kappa shape index (κ1) is 11.3. The molecule has 1 aromatic rings. The molecular weight excluding hydrogens is 190 g/mol. The van der Waals surface area contributed by atoms with Gasteiger partial charge in [-0.2, -0.15) is 5.26 Å². The molecule has 0 saturated carbocycles. The van der Waals surface area contributed by atoms with Crippen LogP contribution < -0.4 is 0 Å². The highest BCUT2D eigenvalue weighted by Gasteiger charge is 2.17. The Labute approximate surface area is 89.3 Å². The van der Waals surface area contributed by atoms with Gasteiger partial charge in [0, 0.05) is 0 Å². The Morgan fingerprint density at radius 2 is 2.13 bits per heavy atom. The van der Waals surface area contributed by atoms with E-state index in [-0.39, 0.29) is 5.92 Å². The van der Waals surface area contributed by atoms with Crippen molar-refractivity contribution in [2.45, 2.75) is 19.8 Å². The molecule has 1 rings (SSSR count). The zero-order valence-electron chi connectivity index (χ0n) is 9.07. The Morgan fingerprint density at radius 1 is 1.47 bits per heavy atom. The van der Waals surface area contributed by atoms with Crippen LogP contribution in [0.25, 0.3) is 0 Å². The highest BCUT2D eigenvalue weighted by atomic mass is 16.5. The minimum atomic E-state index is -0.393. The van der Waals surface area contributed by atoms with Crippen molar-refractivity contribution in [1.29, 1.82) is 5.26 Å². The van der Waals surface area contributed by atoms with Crippen molar-refractivity contribution in [2.24, 2.45) is 0 Å². The molecule has 0 saturated heterocycles. The Kier molecular flexibility index (Phi) is 3.46. The van der Waals surface area contributed by atoms with Gasteiger partial charge in [-0.15, -0.1) is 0 Å². The third kappa shape index (κ3) is 2.16. The van der Waals surface area contributed by atoms with Gasteiger partial charge in [-0.3, -0.25) is 0 Å². The first-order valence-electron chi connectivity index (χ1n) is 4.73. The number of carbonyl (C=O) groups is 1. The fraction of sp³-hybridized carbons (Fsp3) is 0.333. The van der Waals surface area contributed by atoms with Crippen LogP contribution in [0.2, 0.25) is 0 Å². The highest BCUT2D eigenvalue weighted by molar-refractivity contribution is 5.92. The first-order valence-corrected chi connectivity index (χ1v) is 4.73. The van der Waals surface area contributed by atoms with Gasteiger partial charge in [-0.1, -0.05) is 19.9 Å². The van der Waals surface area contributed by atoms with Crippen molar-refractivity contribution in [3.63, 3.8) is 0 Å². The second-order valence-electron chi connectivity index (χ2n) is 3.52. The van der Waals surface area contributed by atoms with Crippen molar-refractivity contribution < 1.29 is 9.53 Å². The maximum atomic E-state index is 11.5. The van der Waals surface area contributed by atoms with E-state index in [1.807, 2.05) is 13.8 Å². The maximum Gasteiger partial charge on any atom is 0.338 e. The standard InChI is InChI=1S/C12H13NO2/c1-8(2)11-9(7-13)5-4-6-10(11)12(14)15-3/h4-6,8H,1-3H3. The van der Waals surface area contributed by atoms with E-state index >= 15 is 0 Å². The molecule has 0 radical (unpaired) electrons. The summed E-state index contributed by atoms with van der Waals surface area (Å²) in [6, 6.07) is 7.17. The van der Waals surface area contributed by atoms with Gasteiger partial charge in [0.1, 0.15) is 0 Å². The Balaban J connectivity index is 3.40. The molecule has 78 valence electrons. The smallest absolute Gasteiger partial charge is 0.338 e. The molecule has 0 aliphatic heterocycles. The summed E-state index contributed by atoms with van der Waals surface area (Å²) in [4.78, 5) is 11.5. The monoisotopic (exact) mass is 203 g/mol. The van der Waals surface area contributed by atoms with Crippen molar-refractivity contribution in [3.8, 4) is 6.07 Å². The van der Waals surface area contributed by atoms with Gasteiger partial charge in [0.2, 0.25) is 0 Å². The first-order chi connectivity index (χ1) is 7.11. The summed E-state index contributed by atoms with van der Waals surface area (Å²) in [5.41, 5.74) is 1.77. The summed E-state index contributed by atoms with van der Waals surface area (Å²) in [5.74, 6) is -0.272. The number of ether oxygens (including phenoxy) is 1. The minimum Gasteiger partial charge on any atom is -0.465 e. The Hall–Kier alpha value is -1.82. The molecule has 0 N–H and O–H groups in total. The van der Waals surface area contributed by atoms with Gasteiger partial charge in [-0.05, 0) is 23.6 Å². The number of nitrogens with zero attached hydrogens (tertiary/aromatic N) is 1. The molecule has 0 atom stereocenters. The third-order valence-corrected chi connectivity index (χ3v) is 2.21. The zero-order chi connectivity index (χ0) is 11.4. The minimum absolute atomic E-state index is 0.120. The number of hydrogen-bond donors (Lipinski definition) is 0. The van der Waals surface area contributed by atoms with E-state index in [0.717, 1.165) is 5.56 Å². The molecule has 0 aliphatic rings. The van der Waals surface area contributed by atoms with Gasteiger partial charge >= 0.3 is 5.97 Å². The third-order valence-electron chi connectivity index (χ3n) is 2.21. The summed E-state index contributed by atoms with van der Waals surface area (Å²) >= 11 is 0. The van der Waals surface area contributed by atoms with Crippen LogP contribution in [0.3, 0.4) is 0 Å². The normalized spacial score (nSPS) is 9.80. The summed E-state index contributed by atoms with van der Waals surface area (Å²) < 4.78 is 4.68. The van der Waals surface area contributed by atoms with E-state index in [1.54, 1.807) is 18.2 Å². The molecule has 0 unspecified atom stereocenters. The molecule has 0 fully saturated rings. The lowest BCUT2D eigenvalue weighted by atomic mass is 9.92. The average Bonchev–Trinajstić information content (AvgIpc) is 2.26. The second-order valence-corrected chi connectivity index (χ2v) is 3.52. The van der Waals surface area contributed by atoms with Gasteiger partial charge in [0.05, 0.1) is 24.3 Å². The summed E-state index contributed by atoms with van der Waals surface area (Å²) in [6.45, 7) is 3.89. The molecule has 0 heterocycles. The van der Waals surface area contributed by atoms with E-state index in [9.17, 15) is 4.79 Å². The maximum absolute atomic E-state index is 11.5. The molecule has 0 amide bonds. The van der Waals surface area contributed by atoms with Crippen LogP contribution in [0.1, 0.15) is 41.3 Å². The summed E-state index contributed by atoms with van der Waals surface area (Å²) in [5, 5.41) is 8.94. The molecule has 1 aromatic carbocycles. The van der Waals surface area contributed by atoms with E-state index in [1.165, 1.54) is 7.11 Å². The zero-order valence-corrected chi connectivity index (χ0v) is 9.07. The number of carbonyl (C=O) groups excluding carboxylic acids is 1. The SMILES string of the molecule is COC(=O)c1cccc(C#N)c1C(C)C. The van der Waals surface area contributed by atoms with Crippen LogP contribution in [0.5, 0.6) is 0 Å². The van der Waals surface area contributed by atoms with E-state index in [0.29, 0.717) is 11.1 Å². The number of benzene rings is 1. The number of esters is 1. The predicted molar refractivity (Wildman–Crippen MR) is 56.6 cm³/mol. The molecule has 3 heteroatoms. The topological polar surface area (TPSA) is 50.1 Å². The molecule has 0 aromatic heterocycles. The molecule has 0 bridgehead atoms. The van der Waals surface area contributed by atoms with Gasteiger partial charge in [0.25, 0.3) is 0 Å². The number of hydrogen-bond acceptors (Lipinski definition) is 3. The number of methoxy groups -OCH3 is 1. The largest absolute Gasteiger partial charge is 0.465 e. The highest BCUT2D eigenvalue weighted by Crippen LogP contribution is 2.23. The van der Waals surface area contributed by atoms with Crippen LogP contribution in [-0.4, -0.2) is 13.1 Å². The lowest BCUT2D eigenvalue weighted by Crippen LogP contribution is -2.08. The van der Waals surface area contributed by atoms with Gasteiger partial charge in [-0.25, -0.2) is 4.79 Å². The average molecular weight is 203 g/mol. The quantitative estimate of drug-likeness (QED) is 0.694. The molecule has 3 nitrogen and oxygen atoms in total. The van der Waals surface area contributed by atoms with Crippen LogP contribution in [0.4, 0.5) is 0 Å². The van der Waals surface area contributed by atoms with Crippen LogP contribution in [0.15, 0.2) is 18.2 Å². The van der Waals surface area contributed by atoms with E-state index in [4.69, 9.17) is 5.26 Å². The summed E-state index contributed by atoms with van der Waals surface area (Å²) in [6.07, 6.45) is 0. The number of rotatable bonds is 2. The van der Waals surface area contributed by atoms with Crippen molar-refractivity contribution in [2.75, 3.05) is 7.11 Å². The molecule has 0 aliphatic carbocycles. The van der Waals surface area contributed by atoms with Gasteiger partial charge < -0.3 is 4.74 Å². The lowest BCUT2D eigenvalue weighted by Gasteiger charge is -2.12. The van der Waals surface area contributed by atoms with E-state index in [2.05, 4.69) is 10.8 Å². The van der Waals surface area contributed by atoms with Crippen molar-refractivity contribution in [3.05, 3.63) is 34.9 Å². The predicted octanol–water partition coefficient (Wildman–Crippen LogP) is 2.47. The van der Waals surface area contributed by atoms with Crippen LogP contribution in [0, 0.1) is 11.3 Å². The van der Waals surface area contributed by atoms with Gasteiger partial charge in [0.15, 0.2) is 0 Å². The fourth-order valence-corrected chi connectivity index (χ4v) is 1.57. The fourth-order valence-electron chi connectivity index (χ4n) is 1.57. The lowest BCUT2D eigenvalue weighted by molar-refractivity contribution is 0.0599.